The fourth-order valence-corrected chi connectivity index (χ4v) is 2.62. The van der Waals surface area contributed by atoms with E-state index < -0.39 is 0 Å². The molecule has 26 heavy (non-hydrogen) atoms. The number of hydrogen-bond donors (Lipinski definition) is 2. The summed E-state index contributed by atoms with van der Waals surface area (Å²) < 4.78 is 10.6. The van der Waals surface area contributed by atoms with E-state index in [1.54, 1.807) is 32.5 Å². The maximum absolute atomic E-state index is 6.13. The molecule has 0 spiro atoms. The lowest BCUT2D eigenvalue weighted by Gasteiger charge is -2.13. The van der Waals surface area contributed by atoms with Crippen LogP contribution in [0.3, 0.4) is 0 Å². The summed E-state index contributed by atoms with van der Waals surface area (Å²) in [4.78, 5) is 8.73. The number of halogens is 1. The summed E-state index contributed by atoms with van der Waals surface area (Å²) in [7, 11) is 3.13. The lowest BCUT2D eigenvalue weighted by atomic mass is 10.2. The molecule has 7 heteroatoms. The van der Waals surface area contributed by atoms with E-state index in [1.807, 2.05) is 24.3 Å². The lowest BCUT2D eigenvalue weighted by molar-refractivity contribution is 0.405. The van der Waals surface area contributed by atoms with Gasteiger partial charge in [0.15, 0.2) is 0 Å². The molecular weight excluding hydrogens is 352 g/mol. The van der Waals surface area contributed by atoms with Crippen molar-refractivity contribution in [1.82, 2.24) is 9.97 Å². The van der Waals surface area contributed by atoms with Gasteiger partial charge in [0, 0.05) is 24.9 Å². The van der Waals surface area contributed by atoms with Crippen LogP contribution in [0.15, 0.2) is 54.7 Å². The highest BCUT2D eigenvalue weighted by Crippen LogP contribution is 2.36. The highest BCUT2D eigenvalue weighted by atomic mass is 35.5. The van der Waals surface area contributed by atoms with Crippen molar-refractivity contribution in [3.05, 3.63) is 65.3 Å². The molecule has 0 bridgehead atoms. The number of benzene rings is 2. The zero-order chi connectivity index (χ0) is 18.4. The van der Waals surface area contributed by atoms with E-state index in [-0.39, 0.29) is 0 Å². The monoisotopic (exact) mass is 370 g/mol. The van der Waals surface area contributed by atoms with Crippen molar-refractivity contribution in [3.8, 4) is 11.5 Å². The Morgan fingerprint density at radius 3 is 2.50 bits per heavy atom. The van der Waals surface area contributed by atoms with Gasteiger partial charge in [-0.15, -0.1) is 0 Å². The molecule has 0 aliphatic carbocycles. The van der Waals surface area contributed by atoms with E-state index in [1.165, 1.54) is 5.56 Å². The zero-order valence-electron chi connectivity index (χ0n) is 14.5. The fourth-order valence-electron chi connectivity index (χ4n) is 2.38. The van der Waals surface area contributed by atoms with Crippen LogP contribution in [0.4, 0.5) is 17.5 Å². The van der Waals surface area contributed by atoms with Crippen molar-refractivity contribution < 1.29 is 9.47 Å². The van der Waals surface area contributed by atoms with Gasteiger partial charge in [0.1, 0.15) is 17.3 Å². The third-order valence-electron chi connectivity index (χ3n) is 3.69. The molecule has 0 radical (unpaired) electrons. The predicted octanol–water partition coefficient (Wildman–Crippen LogP) is 4.50. The molecule has 0 amide bonds. The minimum atomic E-state index is 0.436. The predicted molar refractivity (Wildman–Crippen MR) is 104 cm³/mol. The first-order valence-corrected chi connectivity index (χ1v) is 8.37. The summed E-state index contributed by atoms with van der Waals surface area (Å²) >= 11 is 6.13. The number of methoxy groups -OCH3 is 2. The van der Waals surface area contributed by atoms with Crippen LogP contribution in [0, 0.1) is 0 Å². The average molecular weight is 371 g/mol. The van der Waals surface area contributed by atoms with Crippen LogP contribution < -0.4 is 20.1 Å². The van der Waals surface area contributed by atoms with Crippen LogP contribution in [0.1, 0.15) is 5.56 Å². The molecule has 6 nitrogen and oxygen atoms in total. The van der Waals surface area contributed by atoms with Crippen LogP contribution >= 0.6 is 11.6 Å². The largest absolute Gasteiger partial charge is 0.495 e. The zero-order valence-corrected chi connectivity index (χ0v) is 15.2. The molecule has 3 aromatic rings. The van der Waals surface area contributed by atoms with Gasteiger partial charge in [0.2, 0.25) is 5.95 Å². The van der Waals surface area contributed by atoms with Gasteiger partial charge in [0.25, 0.3) is 0 Å². The molecule has 0 saturated heterocycles. The second-order valence-corrected chi connectivity index (χ2v) is 5.82. The standard InChI is InChI=1S/C19H19ClN4O2/c1-25-16-11-15(17(26-2)10-14(16)20)23-19-21-9-8-18(24-19)22-12-13-6-4-3-5-7-13/h3-11H,12H2,1-2H3,(H2,21,22,23,24). The molecule has 134 valence electrons. The van der Waals surface area contributed by atoms with Gasteiger partial charge in [-0.25, -0.2) is 4.98 Å². The van der Waals surface area contributed by atoms with Crippen molar-refractivity contribution in [2.75, 3.05) is 24.9 Å². The van der Waals surface area contributed by atoms with Crippen LogP contribution in [-0.4, -0.2) is 24.2 Å². The Labute approximate surface area is 157 Å². The topological polar surface area (TPSA) is 68.3 Å². The van der Waals surface area contributed by atoms with Gasteiger partial charge in [-0.2, -0.15) is 4.98 Å². The van der Waals surface area contributed by atoms with Crippen LogP contribution in [0.5, 0.6) is 11.5 Å². The van der Waals surface area contributed by atoms with Gasteiger partial charge >= 0.3 is 0 Å². The Kier molecular flexibility index (Phi) is 5.76. The number of aromatic nitrogens is 2. The van der Waals surface area contributed by atoms with Gasteiger partial charge in [-0.05, 0) is 11.6 Å². The number of hydrogen-bond acceptors (Lipinski definition) is 6. The van der Waals surface area contributed by atoms with Gasteiger partial charge in [-0.1, -0.05) is 41.9 Å². The fraction of sp³-hybridized carbons (Fsp3) is 0.158. The van der Waals surface area contributed by atoms with E-state index in [0.29, 0.717) is 40.5 Å². The molecule has 0 aliphatic heterocycles. The van der Waals surface area contributed by atoms with E-state index in [0.717, 1.165) is 0 Å². The lowest BCUT2D eigenvalue weighted by Crippen LogP contribution is -2.05. The molecule has 0 unspecified atom stereocenters. The number of ether oxygens (including phenoxy) is 2. The number of anilines is 3. The SMILES string of the molecule is COc1cc(Nc2nccc(NCc3ccccc3)n2)c(OC)cc1Cl. The Morgan fingerprint density at radius 1 is 1.00 bits per heavy atom. The number of nitrogens with zero attached hydrogens (tertiary/aromatic N) is 2. The molecule has 0 atom stereocenters. The molecule has 2 N–H and O–H groups in total. The molecular formula is C19H19ClN4O2. The van der Waals surface area contributed by atoms with Crippen LogP contribution in [0.2, 0.25) is 5.02 Å². The quantitative estimate of drug-likeness (QED) is 0.638. The summed E-state index contributed by atoms with van der Waals surface area (Å²) in [5, 5.41) is 6.88. The molecule has 0 saturated carbocycles. The second-order valence-electron chi connectivity index (χ2n) is 5.42. The first kappa shape index (κ1) is 17.8. The molecule has 1 aromatic heterocycles. The normalized spacial score (nSPS) is 10.3. The third kappa shape index (κ3) is 4.34. The molecule has 1 heterocycles. The Balaban J connectivity index is 1.76. The maximum Gasteiger partial charge on any atom is 0.229 e. The smallest absolute Gasteiger partial charge is 0.229 e. The Hall–Kier alpha value is -2.99. The maximum atomic E-state index is 6.13. The second kappa shape index (κ2) is 8.40. The van der Waals surface area contributed by atoms with Crippen molar-refractivity contribution in [2.24, 2.45) is 0 Å². The van der Waals surface area contributed by atoms with E-state index in [9.17, 15) is 0 Å². The summed E-state index contributed by atoms with van der Waals surface area (Å²) in [5.74, 6) is 2.26. The first-order valence-electron chi connectivity index (χ1n) is 7.99. The average Bonchev–Trinajstić information content (AvgIpc) is 2.68. The number of nitrogens with one attached hydrogen (secondary N) is 2. The van der Waals surface area contributed by atoms with Crippen molar-refractivity contribution in [2.45, 2.75) is 6.54 Å². The van der Waals surface area contributed by atoms with E-state index >= 15 is 0 Å². The summed E-state index contributed by atoms with van der Waals surface area (Å²) in [5.41, 5.74) is 1.83. The first-order chi connectivity index (χ1) is 12.7. The van der Waals surface area contributed by atoms with Crippen molar-refractivity contribution >= 4 is 29.1 Å². The van der Waals surface area contributed by atoms with Gasteiger partial charge in [-0.3, -0.25) is 0 Å². The van der Waals surface area contributed by atoms with Crippen molar-refractivity contribution in [1.29, 1.82) is 0 Å². The summed E-state index contributed by atoms with van der Waals surface area (Å²) in [6.07, 6.45) is 1.68. The van der Waals surface area contributed by atoms with E-state index in [4.69, 9.17) is 21.1 Å². The molecule has 3 rings (SSSR count). The van der Waals surface area contributed by atoms with Crippen molar-refractivity contribution in [3.63, 3.8) is 0 Å². The summed E-state index contributed by atoms with van der Waals surface area (Å²) in [6, 6.07) is 15.3. The molecule has 0 fully saturated rings. The minimum absolute atomic E-state index is 0.436. The van der Waals surface area contributed by atoms with E-state index in [2.05, 4.69) is 32.7 Å². The van der Waals surface area contributed by atoms with Gasteiger partial charge in [0.05, 0.1) is 24.9 Å². The Morgan fingerprint density at radius 2 is 1.77 bits per heavy atom. The number of rotatable bonds is 7. The third-order valence-corrected chi connectivity index (χ3v) is 3.99. The summed E-state index contributed by atoms with van der Waals surface area (Å²) in [6.45, 7) is 0.676. The molecule has 0 aliphatic rings. The highest BCUT2D eigenvalue weighted by Gasteiger charge is 2.11. The van der Waals surface area contributed by atoms with Gasteiger partial charge < -0.3 is 20.1 Å². The highest BCUT2D eigenvalue weighted by molar-refractivity contribution is 6.32. The van der Waals surface area contributed by atoms with Crippen LogP contribution in [-0.2, 0) is 6.54 Å². The molecule has 2 aromatic carbocycles. The van der Waals surface area contributed by atoms with Crippen LogP contribution in [0.25, 0.3) is 0 Å². The minimum Gasteiger partial charge on any atom is -0.495 e. The Bertz CT molecular complexity index is 875.